The third kappa shape index (κ3) is 4.18. The Bertz CT molecular complexity index is 1020. The van der Waals surface area contributed by atoms with Crippen LogP contribution in [0.4, 0.5) is 0 Å². The van der Waals surface area contributed by atoms with Crippen LogP contribution < -0.4 is 10.6 Å². The number of hydrogen-bond donors (Lipinski definition) is 2. The van der Waals surface area contributed by atoms with Crippen molar-refractivity contribution in [3.63, 3.8) is 0 Å². The van der Waals surface area contributed by atoms with Crippen molar-refractivity contribution in [1.29, 1.82) is 0 Å². The molecular weight excluding hydrogens is 370 g/mol. The number of fused-ring (bicyclic) bond motifs is 1. The Morgan fingerprint density at radius 2 is 2.07 bits per heavy atom. The van der Waals surface area contributed by atoms with Gasteiger partial charge in [-0.3, -0.25) is 4.79 Å². The minimum Gasteiger partial charge on any atom is -0.355 e. The van der Waals surface area contributed by atoms with Gasteiger partial charge < -0.3 is 10.6 Å². The predicted molar refractivity (Wildman–Crippen MR) is 114 cm³/mol. The maximum Gasteiger partial charge on any atom is 0.237 e. The molecule has 0 bridgehead atoms. The number of carbonyl (C=O) groups is 1. The second-order valence-electron chi connectivity index (χ2n) is 7.42. The van der Waals surface area contributed by atoms with Crippen LogP contribution in [0, 0.1) is 6.92 Å². The molecule has 1 aromatic heterocycles. The number of halogens is 1. The summed E-state index contributed by atoms with van der Waals surface area (Å²) in [5, 5.41) is 8.21. The first kappa shape index (κ1) is 18.9. The highest BCUT2D eigenvalue weighted by atomic mass is 35.5. The Balaban J connectivity index is 1.71. The summed E-state index contributed by atoms with van der Waals surface area (Å²) in [5.41, 5.74) is 5.10. The van der Waals surface area contributed by atoms with E-state index in [4.69, 9.17) is 16.6 Å². The van der Waals surface area contributed by atoms with Crippen LogP contribution in [0.5, 0.6) is 0 Å². The first-order chi connectivity index (χ1) is 13.6. The molecule has 5 heteroatoms. The van der Waals surface area contributed by atoms with Crippen molar-refractivity contribution in [3.8, 4) is 11.3 Å². The minimum absolute atomic E-state index is 0.0891. The lowest BCUT2D eigenvalue weighted by molar-refractivity contribution is -0.122. The number of benzene rings is 2. The maximum atomic E-state index is 12.3. The molecule has 2 heterocycles. The van der Waals surface area contributed by atoms with Gasteiger partial charge in [0, 0.05) is 29.1 Å². The van der Waals surface area contributed by atoms with Crippen molar-refractivity contribution in [3.05, 3.63) is 64.7 Å². The second-order valence-corrected chi connectivity index (χ2v) is 7.86. The van der Waals surface area contributed by atoms with E-state index in [1.165, 1.54) is 5.56 Å². The zero-order valence-electron chi connectivity index (χ0n) is 16.0. The number of rotatable bonds is 4. The van der Waals surface area contributed by atoms with E-state index in [1.807, 2.05) is 24.3 Å². The Kier molecular flexibility index (Phi) is 5.60. The van der Waals surface area contributed by atoms with E-state index in [0.717, 1.165) is 53.5 Å². The Hall–Kier alpha value is -2.43. The summed E-state index contributed by atoms with van der Waals surface area (Å²) in [4.78, 5) is 17.2. The predicted octanol–water partition coefficient (Wildman–Crippen LogP) is 4.62. The van der Waals surface area contributed by atoms with E-state index in [2.05, 4.69) is 41.8 Å². The fourth-order valence-corrected chi connectivity index (χ4v) is 3.90. The fraction of sp³-hybridized carbons (Fsp3) is 0.304. The number of carbonyl (C=O) groups excluding carboxylic acids is 1. The van der Waals surface area contributed by atoms with Crippen molar-refractivity contribution in [2.75, 3.05) is 6.54 Å². The van der Waals surface area contributed by atoms with E-state index in [1.54, 1.807) is 0 Å². The van der Waals surface area contributed by atoms with E-state index in [9.17, 15) is 4.79 Å². The highest BCUT2D eigenvalue weighted by molar-refractivity contribution is 6.30. The van der Waals surface area contributed by atoms with Gasteiger partial charge in [0.15, 0.2) is 0 Å². The monoisotopic (exact) mass is 393 g/mol. The van der Waals surface area contributed by atoms with Crippen molar-refractivity contribution >= 4 is 28.4 Å². The summed E-state index contributed by atoms with van der Waals surface area (Å²) in [6, 6.07) is 16.1. The van der Waals surface area contributed by atoms with Crippen LogP contribution in [0.15, 0.2) is 48.5 Å². The lowest BCUT2D eigenvalue weighted by Gasteiger charge is -2.17. The molecule has 1 amide bonds. The van der Waals surface area contributed by atoms with Gasteiger partial charge in [-0.05, 0) is 61.6 Å². The molecule has 0 saturated carbocycles. The van der Waals surface area contributed by atoms with Crippen LogP contribution in [0.2, 0.25) is 5.02 Å². The van der Waals surface area contributed by atoms with Gasteiger partial charge in [-0.25, -0.2) is 4.98 Å². The van der Waals surface area contributed by atoms with Gasteiger partial charge in [-0.15, -0.1) is 0 Å². The molecule has 1 aliphatic rings. The van der Waals surface area contributed by atoms with Gasteiger partial charge in [-0.2, -0.15) is 0 Å². The van der Waals surface area contributed by atoms with Gasteiger partial charge >= 0.3 is 0 Å². The van der Waals surface area contributed by atoms with Gasteiger partial charge in [0.1, 0.15) is 0 Å². The van der Waals surface area contributed by atoms with E-state index in [0.29, 0.717) is 11.6 Å². The summed E-state index contributed by atoms with van der Waals surface area (Å²) < 4.78 is 0. The van der Waals surface area contributed by atoms with E-state index < -0.39 is 0 Å². The van der Waals surface area contributed by atoms with Gasteiger partial charge in [0.2, 0.25) is 5.91 Å². The molecule has 4 rings (SSSR count). The van der Waals surface area contributed by atoms with E-state index in [-0.39, 0.29) is 11.9 Å². The summed E-state index contributed by atoms with van der Waals surface area (Å²) in [5.74, 6) is 0.0891. The van der Waals surface area contributed by atoms with Crippen LogP contribution in [0.25, 0.3) is 22.2 Å². The smallest absolute Gasteiger partial charge is 0.237 e. The topological polar surface area (TPSA) is 54.0 Å². The second kappa shape index (κ2) is 8.29. The minimum atomic E-state index is -0.163. The standard InChI is InChI=1S/C23H24ClN3O/c1-15-8-9-16-12-18(14-26-20-7-2-3-10-25-23(20)28)22(27-21(16)11-15)17-5-4-6-19(24)13-17/h4-6,8-9,11-13,20,26H,2-3,7,10,14H2,1H3,(H,25,28)/t20-/m0/s1. The van der Waals surface area contributed by atoms with Crippen molar-refractivity contribution < 1.29 is 4.79 Å². The van der Waals surface area contributed by atoms with Gasteiger partial charge in [0.05, 0.1) is 17.3 Å². The van der Waals surface area contributed by atoms with E-state index >= 15 is 0 Å². The number of aryl methyl sites for hydroxylation is 1. The first-order valence-corrected chi connectivity index (χ1v) is 10.2. The molecule has 0 unspecified atom stereocenters. The number of amides is 1. The van der Waals surface area contributed by atoms with Crippen molar-refractivity contribution in [1.82, 2.24) is 15.6 Å². The Morgan fingerprint density at radius 3 is 2.93 bits per heavy atom. The molecule has 0 spiro atoms. The molecule has 4 nitrogen and oxygen atoms in total. The van der Waals surface area contributed by atoms with Crippen LogP contribution in [-0.2, 0) is 11.3 Å². The number of aromatic nitrogens is 1. The summed E-state index contributed by atoms with van der Waals surface area (Å²) in [6.45, 7) is 3.42. The number of pyridine rings is 1. The number of hydrogen-bond acceptors (Lipinski definition) is 3. The molecule has 144 valence electrons. The zero-order valence-corrected chi connectivity index (χ0v) is 16.7. The molecular formula is C23H24ClN3O. The number of nitrogens with zero attached hydrogens (tertiary/aromatic N) is 1. The van der Waals surface area contributed by atoms with Gasteiger partial charge in [0.25, 0.3) is 0 Å². The highest BCUT2D eigenvalue weighted by Crippen LogP contribution is 2.28. The largest absolute Gasteiger partial charge is 0.355 e. The molecule has 2 N–H and O–H groups in total. The quantitative estimate of drug-likeness (QED) is 0.679. The fourth-order valence-electron chi connectivity index (χ4n) is 3.71. The lowest BCUT2D eigenvalue weighted by atomic mass is 10.0. The lowest BCUT2D eigenvalue weighted by Crippen LogP contribution is -2.42. The van der Waals surface area contributed by atoms with Crippen LogP contribution in [0.1, 0.15) is 30.4 Å². The summed E-state index contributed by atoms with van der Waals surface area (Å²) in [6.07, 6.45) is 2.94. The zero-order chi connectivity index (χ0) is 19.5. The molecule has 0 radical (unpaired) electrons. The molecule has 1 atom stereocenters. The molecule has 1 saturated heterocycles. The Labute approximate surface area is 170 Å². The van der Waals surface area contributed by atoms with Gasteiger partial charge in [-0.1, -0.05) is 35.9 Å². The molecule has 1 fully saturated rings. The molecule has 28 heavy (non-hydrogen) atoms. The average molecular weight is 394 g/mol. The average Bonchev–Trinajstić information content (AvgIpc) is 2.89. The van der Waals surface area contributed by atoms with Crippen LogP contribution in [-0.4, -0.2) is 23.5 Å². The highest BCUT2D eigenvalue weighted by Gasteiger charge is 2.20. The maximum absolute atomic E-state index is 12.3. The molecule has 0 aliphatic carbocycles. The first-order valence-electron chi connectivity index (χ1n) is 9.77. The Morgan fingerprint density at radius 1 is 1.18 bits per heavy atom. The van der Waals surface area contributed by atoms with Crippen LogP contribution in [0.3, 0.4) is 0 Å². The molecule has 3 aromatic rings. The van der Waals surface area contributed by atoms with Crippen LogP contribution >= 0.6 is 11.6 Å². The third-order valence-electron chi connectivity index (χ3n) is 5.22. The number of nitrogens with one attached hydrogen (secondary N) is 2. The third-order valence-corrected chi connectivity index (χ3v) is 5.46. The molecule has 1 aliphatic heterocycles. The van der Waals surface area contributed by atoms with Crippen molar-refractivity contribution in [2.24, 2.45) is 0 Å². The SMILES string of the molecule is Cc1ccc2cc(CN[C@H]3CCCCNC3=O)c(-c3cccc(Cl)c3)nc2c1. The normalized spacial score (nSPS) is 17.4. The summed E-state index contributed by atoms with van der Waals surface area (Å²) >= 11 is 6.23. The van der Waals surface area contributed by atoms with Crippen molar-refractivity contribution in [2.45, 2.75) is 38.8 Å². The summed E-state index contributed by atoms with van der Waals surface area (Å²) in [7, 11) is 0. The molecule has 2 aromatic carbocycles.